The van der Waals surface area contributed by atoms with Crippen LogP contribution in [0.3, 0.4) is 0 Å². The van der Waals surface area contributed by atoms with E-state index < -0.39 is 0 Å². The van der Waals surface area contributed by atoms with Crippen LogP contribution < -0.4 is 0 Å². The first kappa shape index (κ1) is 31.8. The largest absolute Gasteiger partial charge is 3.00 e. The molecule has 0 aliphatic heterocycles. The second-order valence-corrected chi connectivity index (χ2v) is 6.89. The van der Waals surface area contributed by atoms with Gasteiger partial charge in [0.2, 0.25) is 0 Å². The van der Waals surface area contributed by atoms with Gasteiger partial charge >= 0.3 is 53.5 Å². The summed E-state index contributed by atoms with van der Waals surface area (Å²) < 4.78 is 1.16. The molecule has 2 nitrogen and oxygen atoms in total. The van der Waals surface area contributed by atoms with Crippen LogP contribution in [-0.4, -0.2) is 71.8 Å². The van der Waals surface area contributed by atoms with Gasteiger partial charge < -0.3 is 59.5 Å². The zero-order valence-corrected chi connectivity index (χ0v) is 25.1. The van der Waals surface area contributed by atoms with E-state index in [0.29, 0.717) is 8.64 Å². The van der Waals surface area contributed by atoms with Crippen LogP contribution in [0, 0.1) is 0 Å². The van der Waals surface area contributed by atoms with Gasteiger partial charge in [-0.2, -0.15) is 0 Å². The Hall–Kier alpha value is 2.03. The minimum atomic E-state index is 0. The van der Waals surface area contributed by atoms with Crippen molar-refractivity contribution in [3.8, 4) is 0 Å². The maximum absolute atomic E-state index is 5.06. The average molecular weight is 674 g/mol. The number of nitrogens with zero attached hydrogens (tertiary/aromatic N) is 2. The average Bonchev–Trinajstić information content (AvgIpc) is 2.37. The van der Waals surface area contributed by atoms with Gasteiger partial charge in [-0.3, -0.25) is 0 Å². The maximum Gasteiger partial charge on any atom is 3.00 e. The van der Waals surface area contributed by atoms with E-state index in [2.05, 4.69) is 43.6 Å². The van der Waals surface area contributed by atoms with Crippen LogP contribution in [0.25, 0.3) is 0 Å². The normalized spacial score (nSPS) is 8.55. The first-order valence-corrected chi connectivity index (χ1v) is 8.84. The van der Waals surface area contributed by atoms with E-state index in [4.69, 9.17) is 24.8 Å². The molecule has 0 atom stereocenters. The van der Waals surface area contributed by atoms with Crippen LogP contribution in [0.2, 0.25) is 0 Å². The van der Waals surface area contributed by atoms with Gasteiger partial charge in [0.1, 0.15) is 0 Å². The van der Waals surface area contributed by atoms with Crippen molar-refractivity contribution in [1.82, 2.24) is 9.80 Å². The van der Waals surface area contributed by atoms with Crippen LogP contribution >= 0.6 is 24.4 Å². The number of unbranched alkanes of at least 4 members (excludes halogenated alkanes) is 4. The van der Waals surface area contributed by atoms with Crippen molar-refractivity contribution in [1.29, 1.82) is 0 Å². The molecule has 0 heterocycles. The van der Waals surface area contributed by atoms with E-state index in [1.165, 1.54) is 38.5 Å². The molecule has 0 rings (SSSR count). The van der Waals surface area contributed by atoms with Gasteiger partial charge in [0.15, 0.2) is 0 Å². The maximum atomic E-state index is 5.06. The molecule has 8 heteroatoms. The Morgan fingerprint density at radius 3 is 1.32 bits per heavy atom. The molecule has 0 saturated heterocycles. The summed E-state index contributed by atoms with van der Waals surface area (Å²) in [5.41, 5.74) is 0. The Morgan fingerprint density at radius 2 is 1.14 bits per heavy atom. The summed E-state index contributed by atoms with van der Waals surface area (Å²) in [4.78, 5) is 3.89. The quantitative estimate of drug-likeness (QED) is 0.167. The number of rotatable bonds is 8. The van der Waals surface area contributed by atoms with Gasteiger partial charge in [0, 0.05) is 27.2 Å². The fourth-order valence-corrected chi connectivity index (χ4v) is 1.76. The van der Waals surface area contributed by atoms with Crippen molar-refractivity contribution >= 4 is 84.5 Å². The number of hydrogen-bond acceptors (Lipinski definition) is 4. The summed E-state index contributed by atoms with van der Waals surface area (Å²) >= 11 is 19.2. The molecule has 0 N–H and O–H groups in total. The van der Waals surface area contributed by atoms with Gasteiger partial charge in [-0.05, 0) is 12.8 Å². The summed E-state index contributed by atoms with van der Waals surface area (Å²) in [6.45, 7) is 6.54. The second-order valence-electron chi connectivity index (χ2n) is 4.83. The number of thiocarbonyl (C=S) groups is 2. The molecule has 0 unspecified atom stereocenters. The van der Waals surface area contributed by atoms with Gasteiger partial charge in [-0.1, -0.05) is 48.2 Å². The van der Waals surface area contributed by atoms with Crippen molar-refractivity contribution in [2.45, 2.75) is 52.4 Å². The molecular formula is C14H28BiCdN2S4+3. The topological polar surface area (TPSA) is 6.48 Å². The molecular weight excluding hydrogens is 646 g/mol. The van der Waals surface area contributed by atoms with E-state index in [-0.39, 0.29) is 53.5 Å². The first-order chi connectivity index (χ1) is 9.36. The van der Waals surface area contributed by atoms with Crippen LogP contribution in [0.4, 0.5) is 0 Å². The van der Waals surface area contributed by atoms with E-state index in [9.17, 15) is 0 Å². The summed E-state index contributed by atoms with van der Waals surface area (Å²) in [7, 11) is 3.66. The van der Waals surface area contributed by atoms with E-state index in [0.717, 1.165) is 13.1 Å². The Labute approximate surface area is 199 Å². The molecule has 0 spiro atoms. The molecule has 22 heavy (non-hydrogen) atoms. The predicted molar refractivity (Wildman–Crippen MR) is 110 cm³/mol. The molecule has 0 aromatic rings. The van der Waals surface area contributed by atoms with Gasteiger partial charge in [-0.25, -0.2) is 0 Å². The molecule has 0 amide bonds. The molecule has 0 aromatic carbocycles. The van der Waals surface area contributed by atoms with Crippen LogP contribution in [0.1, 0.15) is 52.4 Å². The SMILES string of the molecule is CCCCCN(CCCCC)C(=S)[S-].CN(C)C(=S)[S-].[Bi+3].[Cd+2]. The Balaban J connectivity index is -0.000000174. The third-order valence-corrected chi connectivity index (χ3v) is 3.93. The fraction of sp³-hybridized carbons (Fsp3) is 0.857. The molecule has 0 aliphatic rings. The Morgan fingerprint density at radius 1 is 0.818 bits per heavy atom. The first-order valence-electron chi connectivity index (χ1n) is 7.20. The van der Waals surface area contributed by atoms with E-state index >= 15 is 0 Å². The minimum Gasteiger partial charge on any atom is -0.411 e. The summed E-state index contributed by atoms with van der Waals surface area (Å²) in [5.74, 6) is 0. The van der Waals surface area contributed by atoms with Crippen molar-refractivity contribution in [3.63, 3.8) is 0 Å². The Kier molecular flexibility index (Phi) is 33.2. The minimum absolute atomic E-state index is 0. The van der Waals surface area contributed by atoms with Crippen LogP contribution in [0.15, 0.2) is 0 Å². The predicted octanol–water partition coefficient (Wildman–Crippen LogP) is 3.50. The van der Waals surface area contributed by atoms with Gasteiger partial charge in [-0.15, -0.1) is 0 Å². The zero-order chi connectivity index (χ0) is 16.0. The van der Waals surface area contributed by atoms with Crippen molar-refractivity contribution in [2.24, 2.45) is 0 Å². The molecule has 0 aliphatic carbocycles. The summed E-state index contributed by atoms with van der Waals surface area (Å²) in [6.07, 6.45) is 7.52. The number of hydrogen-bond donors (Lipinski definition) is 0. The smallest absolute Gasteiger partial charge is 0.411 e. The van der Waals surface area contributed by atoms with Crippen molar-refractivity contribution < 1.29 is 27.3 Å². The summed E-state index contributed by atoms with van der Waals surface area (Å²) in [6, 6.07) is 0. The van der Waals surface area contributed by atoms with E-state index in [1.807, 2.05) is 14.1 Å². The Bertz CT molecular complexity index is 259. The van der Waals surface area contributed by atoms with Gasteiger partial charge in [0.05, 0.1) is 0 Å². The monoisotopic (exact) mass is 675 g/mol. The van der Waals surface area contributed by atoms with Gasteiger partial charge in [0.25, 0.3) is 0 Å². The van der Waals surface area contributed by atoms with Crippen LogP contribution in [-0.2, 0) is 52.6 Å². The van der Waals surface area contributed by atoms with E-state index in [1.54, 1.807) is 4.90 Å². The van der Waals surface area contributed by atoms with Crippen molar-refractivity contribution in [3.05, 3.63) is 0 Å². The summed E-state index contributed by atoms with van der Waals surface area (Å²) in [5, 5.41) is 0. The second kappa shape index (κ2) is 23.0. The molecule has 0 saturated carbocycles. The third-order valence-electron chi connectivity index (χ3n) is 2.69. The molecule has 0 fully saturated rings. The van der Waals surface area contributed by atoms with Crippen molar-refractivity contribution in [2.75, 3.05) is 27.2 Å². The molecule has 0 bridgehead atoms. The van der Waals surface area contributed by atoms with Crippen LogP contribution in [0.5, 0.6) is 0 Å². The standard InChI is InChI=1S/C11H23NS2.C3H7NS2.Bi.Cd/c1-3-5-7-9-12(11(13)14)10-8-6-4-2;1-4(2)3(5)6;;/h3-10H2,1-2H3,(H,13,14);1-2H3,(H,5,6);;/q;;+3;+2/p-2. The zero-order valence-electron chi connectivity index (χ0n) is 14.3. The molecule has 2 radical (unpaired) electrons. The molecule has 0 aromatic heterocycles. The molecule has 122 valence electrons. The fourth-order valence-electron chi connectivity index (χ4n) is 1.40. The third kappa shape index (κ3) is 24.3.